The minimum atomic E-state index is -0.670. The molecule has 0 unspecified atom stereocenters. The van der Waals surface area contributed by atoms with Crippen LogP contribution in [0.15, 0.2) is 0 Å². The molecule has 0 aromatic heterocycles. The number of hydrogen-bond acceptors (Lipinski definition) is 4. The third-order valence-corrected chi connectivity index (χ3v) is 1.10. The van der Waals surface area contributed by atoms with Crippen molar-refractivity contribution in [1.82, 2.24) is 0 Å². The third kappa shape index (κ3) is 39.6. The summed E-state index contributed by atoms with van der Waals surface area (Å²) in [5, 5.41) is 30.5. The van der Waals surface area contributed by atoms with Gasteiger partial charge in [0.25, 0.3) is 0 Å². The van der Waals surface area contributed by atoms with Gasteiger partial charge in [-0.15, -0.1) is 0 Å². The molecule has 0 aliphatic carbocycles. The van der Waals surface area contributed by atoms with E-state index in [4.69, 9.17) is 21.0 Å². The Hall–Kier alpha value is 0.0639. The Bertz CT molecular complexity index is 176. The largest absolute Gasteiger partial charge is 2.00 e. The molecule has 0 saturated carbocycles. The minimum Gasteiger partial charge on any atom is 2.00 e. The van der Waals surface area contributed by atoms with Crippen LogP contribution in [0.3, 0.4) is 0 Å². The maximum Gasteiger partial charge on any atom is 2.00 e. The fourth-order valence-corrected chi connectivity index (χ4v) is 0.247. The van der Waals surface area contributed by atoms with E-state index in [1.54, 1.807) is 17.1 Å². The van der Waals surface area contributed by atoms with Crippen molar-refractivity contribution in [1.29, 1.82) is 21.0 Å². The molecule has 0 bridgehead atoms. The van der Waals surface area contributed by atoms with Crippen LogP contribution in [0, 0.1) is 38.2 Å². The van der Waals surface area contributed by atoms with E-state index in [-0.39, 0.29) is 19.5 Å². The zero-order valence-electron chi connectivity index (χ0n) is 5.10. The average Bonchev–Trinajstić information content (AvgIpc) is 1.93. The molecular formula is C4Au2N4Zn. The summed E-state index contributed by atoms with van der Waals surface area (Å²) in [6.45, 7) is 0. The maximum atomic E-state index is 7.64. The first-order chi connectivity index (χ1) is 4.83. The molecule has 0 N–H and O–H groups in total. The van der Waals surface area contributed by atoms with Gasteiger partial charge in [-0.05, 0) is 0 Å². The van der Waals surface area contributed by atoms with Gasteiger partial charge in [0.2, 0.25) is 0 Å². The number of hydrogen-bond donors (Lipinski definition) is 0. The first-order valence-corrected chi connectivity index (χ1v) is 5.83. The van der Waals surface area contributed by atoms with E-state index in [1.165, 1.54) is 0 Å². The van der Waals surface area contributed by atoms with E-state index in [0.29, 0.717) is 0 Å². The van der Waals surface area contributed by atoms with Gasteiger partial charge in [0.15, 0.2) is 0 Å². The van der Waals surface area contributed by atoms with E-state index in [1.807, 2.05) is 0 Å². The Balaban J connectivity index is -0.000000107. The van der Waals surface area contributed by atoms with Crippen molar-refractivity contribution < 1.29 is 59.0 Å². The summed E-state index contributed by atoms with van der Waals surface area (Å²) in [6.07, 6.45) is 0. The second kappa shape index (κ2) is 22.5. The molecule has 0 saturated heterocycles. The van der Waals surface area contributed by atoms with Gasteiger partial charge in [0.1, 0.15) is 0 Å². The standard InChI is InChI=1S/4CN.2Au.Zn/c4*1-2;;;/q;;;;2*-1;+2. The topological polar surface area (TPSA) is 95.2 Å². The van der Waals surface area contributed by atoms with Crippen LogP contribution in [0.1, 0.15) is 0 Å². The summed E-state index contributed by atoms with van der Waals surface area (Å²) in [5.41, 5.74) is 0. The van der Waals surface area contributed by atoms with Crippen molar-refractivity contribution in [2.45, 2.75) is 0 Å². The fraction of sp³-hybridized carbons (Fsp3) is 0. The van der Waals surface area contributed by atoms with E-state index in [9.17, 15) is 0 Å². The molecule has 7 heteroatoms. The fourth-order valence-electron chi connectivity index (χ4n) is 0.0302. The molecule has 0 radical (unpaired) electrons. The molecule has 0 heterocycles. The summed E-state index contributed by atoms with van der Waals surface area (Å²) in [7, 11) is 0. The van der Waals surface area contributed by atoms with Crippen molar-refractivity contribution in [3.8, 4) is 17.1 Å². The second-order valence-electron chi connectivity index (χ2n) is 0.420. The molecule has 0 atom stereocenters. The first kappa shape index (κ1) is 17.2. The van der Waals surface area contributed by atoms with Gasteiger partial charge in [-0.25, -0.2) is 0 Å². The minimum absolute atomic E-state index is 0. The molecule has 0 amide bonds. The second-order valence-corrected chi connectivity index (χ2v) is 3.44. The summed E-state index contributed by atoms with van der Waals surface area (Å²) >= 11 is -1.34. The van der Waals surface area contributed by atoms with Crippen LogP contribution < -0.4 is 0 Å². The maximum absolute atomic E-state index is 7.64. The Kier molecular flexibility index (Phi) is 35.2. The summed E-state index contributed by atoms with van der Waals surface area (Å²) in [6, 6.07) is 0. The van der Waals surface area contributed by atoms with Crippen molar-refractivity contribution in [2.75, 3.05) is 0 Å². The number of nitrogens with zero attached hydrogens (tertiary/aromatic N) is 4. The molecule has 0 aliphatic rings. The number of nitriles is 4. The summed E-state index contributed by atoms with van der Waals surface area (Å²) in [5.74, 6) is 0. The molecular weight excluding hydrogens is 563 g/mol. The van der Waals surface area contributed by atoms with Crippen LogP contribution in [0.5, 0.6) is 0 Å². The average molecular weight is 563 g/mol. The van der Waals surface area contributed by atoms with Crippen LogP contribution in [-0.2, 0) is 59.0 Å². The van der Waals surface area contributed by atoms with E-state index >= 15 is 0 Å². The quantitative estimate of drug-likeness (QED) is 0.390. The molecule has 0 fully saturated rings. The van der Waals surface area contributed by atoms with Crippen LogP contribution in [0.2, 0.25) is 0 Å². The summed E-state index contributed by atoms with van der Waals surface area (Å²) in [4.78, 5) is 0. The normalized spacial score (nSPS) is 4.73. The van der Waals surface area contributed by atoms with Crippen LogP contribution in [0.25, 0.3) is 0 Å². The van der Waals surface area contributed by atoms with Gasteiger partial charge < -0.3 is 0 Å². The van der Waals surface area contributed by atoms with Crippen LogP contribution in [-0.4, -0.2) is 0 Å². The SMILES string of the molecule is N#[C][Au-][C]#N.N#[C][Au-][C]#N.[Zn+2]. The van der Waals surface area contributed by atoms with E-state index < -0.39 is 39.5 Å². The van der Waals surface area contributed by atoms with Gasteiger partial charge >= 0.3 is 97.2 Å². The Labute approximate surface area is 96.2 Å². The number of rotatable bonds is 0. The zero-order valence-corrected chi connectivity index (χ0v) is 12.4. The zero-order chi connectivity index (χ0) is 8.24. The Morgan fingerprint density at radius 2 is 0.818 bits per heavy atom. The van der Waals surface area contributed by atoms with Gasteiger partial charge in [0, 0.05) is 0 Å². The van der Waals surface area contributed by atoms with Crippen LogP contribution in [0.4, 0.5) is 0 Å². The smallest absolute Gasteiger partial charge is 2.00 e. The molecule has 60 valence electrons. The molecule has 0 aliphatic heterocycles. The van der Waals surface area contributed by atoms with Gasteiger partial charge in [-0.2, -0.15) is 0 Å². The van der Waals surface area contributed by atoms with Gasteiger partial charge in [-0.1, -0.05) is 0 Å². The van der Waals surface area contributed by atoms with Crippen LogP contribution >= 0.6 is 0 Å². The molecule has 0 rings (SSSR count). The monoisotopic (exact) mass is 562 g/mol. The third-order valence-electron chi connectivity index (χ3n) is 0.135. The Morgan fingerprint density at radius 1 is 0.636 bits per heavy atom. The van der Waals surface area contributed by atoms with Gasteiger partial charge in [-0.3, -0.25) is 0 Å². The van der Waals surface area contributed by atoms with Crippen molar-refractivity contribution >= 4 is 0 Å². The predicted octanol–water partition coefficient (Wildman–Crippen LogP) is 0.0596. The molecule has 0 aromatic rings. The van der Waals surface area contributed by atoms with E-state index in [2.05, 4.69) is 0 Å². The molecule has 4 nitrogen and oxygen atoms in total. The Morgan fingerprint density at radius 3 is 0.818 bits per heavy atom. The predicted molar refractivity (Wildman–Crippen MR) is 22.5 cm³/mol. The van der Waals surface area contributed by atoms with Crippen molar-refractivity contribution in [3.05, 3.63) is 0 Å². The van der Waals surface area contributed by atoms with Crippen molar-refractivity contribution in [3.63, 3.8) is 0 Å². The van der Waals surface area contributed by atoms with Crippen molar-refractivity contribution in [2.24, 2.45) is 0 Å². The summed E-state index contributed by atoms with van der Waals surface area (Å²) < 4.78 is 7.01. The molecule has 0 spiro atoms. The first-order valence-electron chi connectivity index (χ1n) is 1.50. The molecule has 0 aromatic carbocycles. The van der Waals surface area contributed by atoms with Gasteiger partial charge in [0.05, 0.1) is 0 Å². The molecule has 11 heavy (non-hydrogen) atoms. The van der Waals surface area contributed by atoms with E-state index in [0.717, 1.165) is 0 Å².